The average Bonchev–Trinajstić information content (AvgIpc) is 1.62. The van der Waals surface area contributed by atoms with Crippen LogP contribution in [0.25, 0.3) is 66.9 Å². The van der Waals surface area contributed by atoms with Crippen molar-refractivity contribution < 1.29 is 106 Å². The van der Waals surface area contributed by atoms with Gasteiger partial charge in [-0.25, -0.2) is 19.9 Å². The van der Waals surface area contributed by atoms with Crippen molar-refractivity contribution in [2.24, 2.45) is 28.9 Å². The van der Waals surface area contributed by atoms with Gasteiger partial charge in [-0.05, 0) is 308 Å². The van der Waals surface area contributed by atoms with Crippen LogP contribution in [0.5, 0.6) is 46.0 Å². The lowest BCUT2D eigenvalue weighted by molar-refractivity contribution is -0.138. The smallest absolute Gasteiger partial charge is 0.416 e. The van der Waals surface area contributed by atoms with Gasteiger partial charge in [0.15, 0.2) is 0 Å². The standard InChI is InChI=1S/C28H26F3N3O4.C27H25F3N4O2.C26H23F3N4O2.C25H23F3N4O3/c1-17(16-18(26(32)37)6-15-25(35)36)27-33-23-4-2-3-5-24(23)34(27)20-9-13-22(14-10-20)38-21-11-7-19(8-12-21)28(29,30)31;1-17(33-16-4-7-24(33)25(31)35)26-32-22-5-2-3-6-23(22)34(26)19-10-14-21(15-11-19)36-20-12-8-18(9-13-20)27(28,29)30;27-26(28,29)17-7-11-19(12-8-17)35-20-13-9-18(10-14-20)33-22-5-2-1-4-21(22)31-24(33)16-32-15-3-6-23(32)25(30)34;1-15(30-21(14-33)23(29)34)24-31-20-4-2-3-5-22(20)32(24)17-8-12-19(13-9-17)35-18-10-6-16(7-11-18)25(26,27)28/h2-5,7-14,17-18H,6,15-16H2,1H3,(H2,32,37)(H,35,36);2-3,5-6,8-15,17,24H,4,7,16H2,1H3,(H2,31,35);1-2,4-5,7-14,23H,3,6,15-16H2,(H2,30,34);2-13,15,21,30,33H,14H2,1H3,(H2,29,34). The Kier molecular flexibility index (Phi) is 31.4. The number of benzene rings is 12. The zero-order chi connectivity index (χ0) is 103. The van der Waals surface area contributed by atoms with Gasteiger partial charge in [0.2, 0.25) is 23.6 Å². The van der Waals surface area contributed by atoms with E-state index in [0.29, 0.717) is 59.1 Å². The third kappa shape index (κ3) is 24.6. The summed E-state index contributed by atoms with van der Waals surface area (Å²) in [6.45, 7) is 7.32. The number of amides is 4. The molecule has 2 aliphatic heterocycles. The monoisotopic (exact) mass is 1980 g/mol. The Bertz CT molecular complexity index is 7190. The van der Waals surface area contributed by atoms with Crippen LogP contribution in [-0.4, -0.2) is 126 Å². The number of nitrogens with one attached hydrogen (secondary N) is 1. The van der Waals surface area contributed by atoms with E-state index < -0.39 is 89.4 Å². The number of imidazole rings is 4. The molecule has 2 saturated heterocycles. The number of primary amides is 4. The van der Waals surface area contributed by atoms with Crippen molar-refractivity contribution >= 4 is 73.7 Å². The number of halogens is 12. The summed E-state index contributed by atoms with van der Waals surface area (Å²) in [6, 6.07) is 75.1. The van der Waals surface area contributed by atoms with Gasteiger partial charge in [-0.15, -0.1) is 0 Å². The SMILES string of the molecule is CC(CC(CCC(=O)O)C(N)=O)c1nc2ccccc2n1-c1ccc(Oc2ccc(C(F)(F)F)cc2)cc1.CC(NC(CO)C(N)=O)c1nc2ccccc2n1-c1ccc(Oc2ccc(C(F)(F)F)cc2)cc1.CC(c1nc2ccccc2n1-c1ccc(Oc2ccc(C(F)(F)F)cc2)cc1)N1CCCC1C(N)=O.NC(=O)C1CCCN1Cc1nc2ccccc2n1-c1ccc(Oc2ccc(C(F)(F)F)cc2)cc1. The molecule has 2 aliphatic rings. The summed E-state index contributed by atoms with van der Waals surface area (Å²) >= 11 is 0. The summed E-state index contributed by atoms with van der Waals surface area (Å²) < 4.78 is 184. The molecule has 38 heteroatoms. The summed E-state index contributed by atoms with van der Waals surface area (Å²) in [6.07, 6.45) is -14.0. The van der Waals surface area contributed by atoms with Gasteiger partial charge < -0.3 is 52.1 Å². The highest BCUT2D eigenvalue weighted by Crippen LogP contribution is 2.42. The highest BCUT2D eigenvalue weighted by Gasteiger charge is 2.39. The number of nitrogens with two attached hydrogens (primary N) is 4. The third-order valence-corrected chi connectivity index (χ3v) is 24.5. The van der Waals surface area contributed by atoms with E-state index >= 15 is 0 Å². The first-order valence-electron chi connectivity index (χ1n) is 45.7. The van der Waals surface area contributed by atoms with E-state index in [-0.39, 0.29) is 60.2 Å². The Hall–Kier alpha value is -15.9. The molecule has 7 unspecified atom stereocenters. The Morgan fingerprint density at radius 3 is 1.03 bits per heavy atom. The number of hydrogen-bond acceptors (Lipinski definition) is 17. The second-order valence-corrected chi connectivity index (χ2v) is 34.4. The Balaban J connectivity index is 0.000000145. The van der Waals surface area contributed by atoms with E-state index in [9.17, 15) is 81.8 Å². The molecule has 6 heterocycles. The summed E-state index contributed by atoms with van der Waals surface area (Å²) in [4.78, 5) is 81.8. The van der Waals surface area contributed by atoms with Crippen LogP contribution in [0.3, 0.4) is 0 Å². The number of alkyl halides is 12. The number of para-hydroxylation sites is 8. The first-order valence-corrected chi connectivity index (χ1v) is 45.7. The lowest BCUT2D eigenvalue weighted by Crippen LogP contribution is -2.45. The molecule has 0 aliphatic carbocycles. The van der Waals surface area contributed by atoms with E-state index in [2.05, 4.69) is 19.7 Å². The van der Waals surface area contributed by atoms with Crippen LogP contribution >= 0.6 is 0 Å². The molecule has 2 fully saturated rings. The Labute approximate surface area is 816 Å². The van der Waals surface area contributed by atoms with Crippen LogP contribution in [0.1, 0.15) is 129 Å². The lowest BCUT2D eigenvalue weighted by Gasteiger charge is -2.29. The zero-order valence-electron chi connectivity index (χ0n) is 77.4. The molecule has 144 heavy (non-hydrogen) atoms. The minimum absolute atomic E-state index is 0.144. The predicted octanol–water partition coefficient (Wildman–Crippen LogP) is 21.8. The number of carboxylic acid groups (broad SMARTS) is 1. The van der Waals surface area contributed by atoms with E-state index in [1.807, 2.05) is 156 Å². The van der Waals surface area contributed by atoms with E-state index in [1.165, 1.54) is 48.5 Å². The van der Waals surface area contributed by atoms with Crippen LogP contribution in [0.4, 0.5) is 52.7 Å². The van der Waals surface area contributed by atoms with Crippen molar-refractivity contribution in [3.63, 3.8) is 0 Å². The molecular formula is C106H97F12N15O11. The molecule has 0 bridgehead atoms. The van der Waals surface area contributed by atoms with Gasteiger partial charge in [0.25, 0.3) is 0 Å². The second kappa shape index (κ2) is 44.1. The Morgan fingerprint density at radius 1 is 0.389 bits per heavy atom. The summed E-state index contributed by atoms with van der Waals surface area (Å²) in [5.74, 6) is 2.19. The Morgan fingerprint density at radius 2 is 0.694 bits per heavy atom. The minimum Gasteiger partial charge on any atom is -0.481 e. The largest absolute Gasteiger partial charge is 0.481 e. The summed E-state index contributed by atoms with van der Waals surface area (Å²) in [5.41, 5.74) is 29.1. The molecule has 26 nitrogen and oxygen atoms in total. The highest BCUT2D eigenvalue weighted by atomic mass is 19.4. The maximum atomic E-state index is 12.8. The molecule has 11 N–H and O–H groups in total. The molecule has 7 atom stereocenters. The topological polar surface area (TPSA) is 357 Å². The molecule has 0 spiro atoms. The van der Waals surface area contributed by atoms with Gasteiger partial charge in [-0.3, -0.25) is 57.4 Å². The number of nitrogens with zero attached hydrogens (tertiary/aromatic N) is 10. The number of ether oxygens (including phenoxy) is 4. The number of hydrogen-bond donors (Lipinski definition) is 7. The normalized spacial score (nSPS) is 15.2. The van der Waals surface area contributed by atoms with E-state index in [0.717, 1.165) is 166 Å². The second-order valence-electron chi connectivity index (χ2n) is 34.4. The highest BCUT2D eigenvalue weighted by molar-refractivity contribution is 5.84. The maximum absolute atomic E-state index is 12.8. The van der Waals surface area contributed by atoms with Gasteiger partial charge in [0.05, 0.1) is 104 Å². The number of carboxylic acids is 1. The van der Waals surface area contributed by atoms with E-state index in [1.54, 1.807) is 72.8 Å². The van der Waals surface area contributed by atoms with Crippen molar-refractivity contribution in [1.29, 1.82) is 0 Å². The number of likely N-dealkylation sites (tertiary alicyclic amines) is 2. The fourth-order valence-corrected chi connectivity index (χ4v) is 17.4. The number of rotatable bonds is 30. The van der Waals surface area contributed by atoms with Crippen LogP contribution in [0.2, 0.25) is 0 Å². The fraction of sp³-hybridized carbons (Fsp3) is 0.236. The van der Waals surface area contributed by atoms with Crippen molar-refractivity contribution in [2.75, 3.05) is 19.7 Å². The average molecular weight is 1990 g/mol. The van der Waals surface area contributed by atoms with Crippen molar-refractivity contribution in [3.05, 3.63) is 337 Å². The molecule has 0 radical (unpaired) electrons. The van der Waals surface area contributed by atoms with Gasteiger partial charge in [-0.1, -0.05) is 55.5 Å². The lowest BCUT2D eigenvalue weighted by atomic mass is 9.90. The summed E-state index contributed by atoms with van der Waals surface area (Å²) in [5, 5.41) is 21.5. The van der Waals surface area contributed by atoms with E-state index in [4.69, 9.17) is 66.9 Å². The molecule has 18 rings (SSSR count). The number of aliphatic hydroxyl groups excluding tert-OH is 1. The number of aliphatic carboxylic acids is 1. The van der Waals surface area contributed by atoms with Crippen molar-refractivity contribution in [2.45, 2.75) is 133 Å². The fourth-order valence-electron chi connectivity index (χ4n) is 17.4. The third-order valence-electron chi connectivity index (χ3n) is 24.5. The molecule has 12 aromatic carbocycles. The van der Waals surface area contributed by atoms with Crippen molar-refractivity contribution in [1.82, 2.24) is 53.3 Å². The number of carbonyl (C=O) groups is 5. The molecule has 16 aromatic rings. The van der Waals surface area contributed by atoms with Crippen LogP contribution in [0.15, 0.2) is 291 Å². The van der Waals surface area contributed by atoms with Gasteiger partial charge in [0, 0.05) is 41.0 Å². The number of aromatic nitrogens is 8. The number of fused-ring (bicyclic) bond motifs is 4. The van der Waals surface area contributed by atoms with Crippen LogP contribution in [0, 0.1) is 5.92 Å². The molecule has 746 valence electrons. The maximum Gasteiger partial charge on any atom is 0.416 e. The number of aliphatic hydroxyl groups is 1. The predicted molar refractivity (Wildman–Crippen MR) is 515 cm³/mol. The molecule has 4 amide bonds. The van der Waals surface area contributed by atoms with Crippen molar-refractivity contribution in [3.8, 4) is 68.7 Å². The quantitative estimate of drug-likeness (QED) is 0.0206. The molecule has 0 saturated carbocycles. The zero-order valence-corrected chi connectivity index (χ0v) is 77.4. The van der Waals surface area contributed by atoms with Gasteiger partial charge in [0.1, 0.15) is 75.3 Å². The van der Waals surface area contributed by atoms with Gasteiger partial charge >= 0.3 is 30.7 Å². The van der Waals surface area contributed by atoms with Gasteiger partial charge in [-0.2, -0.15) is 52.7 Å². The van der Waals surface area contributed by atoms with Crippen LogP contribution < -0.4 is 47.2 Å². The number of carbonyl (C=O) groups excluding carboxylic acids is 4. The summed E-state index contributed by atoms with van der Waals surface area (Å²) in [7, 11) is 0. The molecule has 4 aromatic heterocycles. The first-order chi connectivity index (χ1) is 68.7. The van der Waals surface area contributed by atoms with Crippen LogP contribution in [-0.2, 0) is 55.2 Å². The first kappa shape index (κ1) is 102. The minimum atomic E-state index is -4.42. The molecular weight excluding hydrogens is 1890 g/mol.